The highest BCUT2D eigenvalue weighted by Crippen LogP contribution is 2.29. The second kappa shape index (κ2) is 10.2. The van der Waals surface area contributed by atoms with Gasteiger partial charge in [0.1, 0.15) is 6.54 Å². The van der Waals surface area contributed by atoms with E-state index in [1.165, 1.54) is 17.0 Å². The third-order valence-corrected chi connectivity index (χ3v) is 5.75. The normalized spacial score (nSPS) is 15.8. The zero-order valence-corrected chi connectivity index (χ0v) is 18.5. The Morgan fingerprint density at radius 2 is 1.94 bits per heavy atom. The molecule has 33 heavy (non-hydrogen) atoms. The lowest BCUT2D eigenvalue weighted by molar-refractivity contribution is -0.136. The number of aryl methyl sites for hydroxylation is 1. The van der Waals surface area contributed by atoms with Crippen LogP contribution in [0.5, 0.6) is 0 Å². The molecular formula is C24H26N6O3. The van der Waals surface area contributed by atoms with Crippen LogP contribution in [0.4, 0.5) is 0 Å². The van der Waals surface area contributed by atoms with Crippen LogP contribution in [0.25, 0.3) is 0 Å². The molecule has 0 bridgehead atoms. The van der Waals surface area contributed by atoms with E-state index in [4.69, 9.17) is 0 Å². The van der Waals surface area contributed by atoms with E-state index in [2.05, 4.69) is 20.3 Å². The average Bonchev–Trinajstić information content (AvgIpc) is 2.84. The maximum Gasteiger partial charge on any atom is 0.347 e. The number of carbonyl (C=O) groups is 2. The molecule has 2 aromatic heterocycles. The van der Waals surface area contributed by atoms with Crippen molar-refractivity contribution in [3.05, 3.63) is 88.1 Å². The molecule has 2 amide bonds. The van der Waals surface area contributed by atoms with Gasteiger partial charge in [0.25, 0.3) is 5.91 Å². The molecule has 170 valence electrons. The summed E-state index contributed by atoms with van der Waals surface area (Å²) in [6.07, 6.45) is 7.04. The fourth-order valence-corrected chi connectivity index (χ4v) is 3.98. The Morgan fingerprint density at radius 3 is 2.70 bits per heavy atom. The van der Waals surface area contributed by atoms with Gasteiger partial charge >= 0.3 is 5.69 Å². The first-order valence-electron chi connectivity index (χ1n) is 11.0. The molecule has 0 spiro atoms. The van der Waals surface area contributed by atoms with E-state index in [1.54, 1.807) is 24.1 Å². The molecule has 0 aliphatic carbocycles. The highest BCUT2D eigenvalue weighted by Gasteiger charge is 2.30. The van der Waals surface area contributed by atoms with Gasteiger partial charge in [0.15, 0.2) is 5.82 Å². The van der Waals surface area contributed by atoms with Crippen LogP contribution in [-0.2, 0) is 17.9 Å². The van der Waals surface area contributed by atoms with Crippen LogP contribution < -0.4 is 11.0 Å². The zero-order valence-electron chi connectivity index (χ0n) is 18.5. The van der Waals surface area contributed by atoms with E-state index in [-0.39, 0.29) is 24.4 Å². The zero-order chi connectivity index (χ0) is 23.2. The van der Waals surface area contributed by atoms with Gasteiger partial charge in [0.05, 0.1) is 17.3 Å². The van der Waals surface area contributed by atoms with E-state index < -0.39 is 5.69 Å². The summed E-state index contributed by atoms with van der Waals surface area (Å²) >= 11 is 0. The van der Waals surface area contributed by atoms with E-state index in [1.807, 2.05) is 30.3 Å². The number of aromatic nitrogens is 4. The molecule has 0 radical (unpaired) electrons. The number of carbonyl (C=O) groups excluding carboxylic acids is 2. The molecule has 9 heteroatoms. The fraction of sp³-hybridized carbons (Fsp3) is 0.333. The van der Waals surface area contributed by atoms with Crippen LogP contribution in [0, 0.1) is 6.92 Å². The summed E-state index contributed by atoms with van der Waals surface area (Å²) in [5, 5.41) is 2.89. The number of likely N-dealkylation sites (tertiary alicyclic amines) is 1. The minimum absolute atomic E-state index is 0.0812. The topological polar surface area (TPSA) is 110 Å². The van der Waals surface area contributed by atoms with Crippen molar-refractivity contribution in [3.8, 4) is 0 Å². The first-order valence-corrected chi connectivity index (χ1v) is 11.0. The first-order chi connectivity index (χ1) is 16.0. The van der Waals surface area contributed by atoms with Crippen molar-refractivity contribution in [2.45, 2.75) is 45.3 Å². The summed E-state index contributed by atoms with van der Waals surface area (Å²) in [5.41, 5.74) is 1.51. The molecule has 1 atom stereocenters. The molecule has 0 saturated carbocycles. The smallest absolute Gasteiger partial charge is 0.347 e. The van der Waals surface area contributed by atoms with E-state index >= 15 is 0 Å². The van der Waals surface area contributed by atoms with Crippen molar-refractivity contribution in [1.82, 2.24) is 29.7 Å². The van der Waals surface area contributed by atoms with Crippen molar-refractivity contribution < 1.29 is 9.59 Å². The van der Waals surface area contributed by atoms with Gasteiger partial charge in [0, 0.05) is 31.7 Å². The van der Waals surface area contributed by atoms with Crippen LogP contribution in [0.1, 0.15) is 52.7 Å². The number of hydrogen-bond acceptors (Lipinski definition) is 6. The maximum atomic E-state index is 13.0. The lowest BCUT2D eigenvalue weighted by atomic mass is 10.0. The molecule has 1 N–H and O–H groups in total. The molecule has 1 saturated heterocycles. The number of piperidine rings is 1. The van der Waals surface area contributed by atoms with Gasteiger partial charge in [-0.1, -0.05) is 30.3 Å². The molecule has 9 nitrogen and oxygen atoms in total. The largest absolute Gasteiger partial charge is 0.348 e. The predicted molar refractivity (Wildman–Crippen MR) is 121 cm³/mol. The third-order valence-electron chi connectivity index (χ3n) is 5.75. The van der Waals surface area contributed by atoms with Crippen molar-refractivity contribution >= 4 is 11.8 Å². The van der Waals surface area contributed by atoms with Gasteiger partial charge < -0.3 is 10.2 Å². The molecular weight excluding hydrogens is 420 g/mol. The monoisotopic (exact) mass is 446 g/mol. The van der Waals surface area contributed by atoms with Crippen LogP contribution in [0.3, 0.4) is 0 Å². The van der Waals surface area contributed by atoms with Crippen LogP contribution in [0.2, 0.25) is 0 Å². The molecule has 1 aliphatic heterocycles. The Bertz CT molecular complexity index is 1190. The first kappa shape index (κ1) is 22.3. The highest BCUT2D eigenvalue weighted by molar-refractivity contribution is 5.94. The Balaban J connectivity index is 1.48. The molecule has 3 heterocycles. The Hall–Kier alpha value is -3.88. The van der Waals surface area contributed by atoms with E-state index in [0.717, 1.165) is 24.8 Å². The molecule has 3 aromatic rings. The van der Waals surface area contributed by atoms with Crippen molar-refractivity contribution in [3.63, 3.8) is 0 Å². The molecule has 1 fully saturated rings. The van der Waals surface area contributed by atoms with E-state index in [9.17, 15) is 14.4 Å². The van der Waals surface area contributed by atoms with E-state index in [0.29, 0.717) is 30.2 Å². The Labute approximate surface area is 191 Å². The second-order valence-electron chi connectivity index (χ2n) is 8.02. The molecule has 0 unspecified atom stereocenters. The van der Waals surface area contributed by atoms with Crippen molar-refractivity contribution in [2.24, 2.45) is 0 Å². The number of benzene rings is 1. The second-order valence-corrected chi connectivity index (χ2v) is 8.02. The lowest BCUT2D eigenvalue weighted by Crippen LogP contribution is -2.42. The summed E-state index contributed by atoms with van der Waals surface area (Å²) in [6.45, 7) is 2.68. The van der Waals surface area contributed by atoms with Gasteiger partial charge in [-0.25, -0.2) is 19.7 Å². The van der Waals surface area contributed by atoms with Crippen molar-refractivity contribution in [2.75, 3.05) is 6.54 Å². The SMILES string of the molecule is Cc1nc([C@H]2CCCCN2C(=O)Cn2cccnc2=O)ncc1C(=O)NCc1ccccc1. The van der Waals surface area contributed by atoms with Crippen LogP contribution in [0.15, 0.2) is 59.8 Å². The maximum absolute atomic E-state index is 13.0. The van der Waals surface area contributed by atoms with Gasteiger partial charge in [-0.3, -0.25) is 14.2 Å². The summed E-state index contributed by atoms with van der Waals surface area (Å²) < 4.78 is 1.29. The van der Waals surface area contributed by atoms with Crippen LogP contribution >= 0.6 is 0 Å². The van der Waals surface area contributed by atoms with Gasteiger partial charge in [-0.15, -0.1) is 0 Å². The average molecular weight is 447 g/mol. The fourth-order valence-electron chi connectivity index (χ4n) is 3.98. The summed E-state index contributed by atoms with van der Waals surface area (Å²) in [7, 11) is 0. The minimum atomic E-state index is -0.461. The van der Waals surface area contributed by atoms with Gasteiger partial charge in [0.2, 0.25) is 5.91 Å². The molecule has 4 rings (SSSR count). The number of hydrogen-bond donors (Lipinski definition) is 1. The number of nitrogens with zero attached hydrogens (tertiary/aromatic N) is 5. The lowest BCUT2D eigenvalue weighted by Gasteiger charge is -2.35. The van der Waals surface area contributed by atoms with Gasteiger partial charge in [-0.05, 0) is 37.8 Å². The molecule has 1 aliphatic rings. The summed E-state index contributed by atoms with van der Waals surface area (Å²) in [4.78, 5) is 52.0. The number of amides is 2. The predicted octanol–water partition coefficient (Wildman–Crippen LogP) is 2.03. The van der Waals surface area contributed by atoms with Crippen LogP contribution in [-0.4, -0.2) is 42.8 Å². The van der Waals surface area contributed by atoms with Gasteiger partial charge in [-0.2, -0.15) is 0 Å². The Kier molecular flexibility index (Phi) is 6.87. The number of rotatable bonds is 6. The molecule has 1 aromatic carbocycles. The quantitative estimate of drug-likeness (QED) is 0.620. The van der Waals surface area contributed by atoms with Crippen molar-refractivity contribution in [1.29, 1.82) is 0 Å². The standard InChI is InChI=1S/C24H26N6O3/c1-17-19(23(32)27-14-18-8-3-2-4-9-18)15-26-22(28-17)20-10-5-6-13-30(20)21(31)16-29-12-7-11-25-24(29)33/h2-4,7-9,11-12,15,20H,5-6,10,13-14,16H2,1H3,(H,27,32)/t20-/m1/s1. The number of nitrogens with one attached hydrogen (secondary N) is 1. The summed E-state index contributed by atoms with van der Waals surface area (Å²) in [6, 6.07) is 11.0. The minimum Gasteiger partial charge on any atom is -0.348 e. The summed E-state index contributed by atoms with van der Waals surface area (Å²) in [5.74, 6) is 0.0925. The Morgan fingerprint density at radius 1 is 1.12 bits per heavy atom. The third kappa shape index (κ3) is 5.31. The highest BCUT2D eigenvalue weighted by atomic mass is 16.2.